The highest BCUT2D eigenvalue weighted by molar-refractivity contribution is 6.77. The normalized spacial score (nSPS) is 23.8. The average molecular weight is 601 g/mol. The van der Waals surface area contributed by atoms with Gasteiger partial charge >= 0.3 is 0 Å². The quantitative estimate of drug-likeness (QED) is 0.209. The smallest absolute Gasteiger partial charge is 0.200 e. The Kier molecular flexibility index (Phi) is 13.5. The first-order chi connectivity index (χ1) is 20.0. The number of rotatable bonds is 15. The van der Waals surface area contributed by atoms with E-state index in [0.29, 0.717) is 55.9 Å². The Morgan fingerprint density at radius 1 is 0.881 bits per heavy atom. The Balaban J connectivity index is 1.79. The highest BCUT2D eigenvalue weighted by Gasteiger charge is 2.47. The molecule has 236 valence electrons. The third kappa shape index (κ3) is 9.13. The lowest BCUT2D eigenvalue weighted by molar-refractivity contribution is -0.217. The molecule has 0 spiro atoms. The van der Waals surface area contributed by atoms with Gasteiger partial charge in [0.2, 0.25) is 0 Å². The summed E-state index contributed by atoms with van der Waals surface area (Å²) >= 11 is 0. The zero-order valence-corrected chi connectivity index (χ0v) is 28.3. The van der Waals surface area contributed by atoms with Crippen LogP contribution in [-0.4, -0.2) is 57.7 Å². The topological polar surface area (TPSA) is 66.4 Å². The van der Waals surface area contributed by atoms with Gasteiger partial charge in [-0.25, -0.2) is 0 Å². The lowest BCUT2D eigenvalue weighted by atomic mass is 9.88. The van der Waals surface area contributed by atoms with Gasteiger partial charge in [-0.15, -0.1) is 0 Å². The number of ether oxygens (including phenoxy) is 4. The molecule has 0 bridgehead atoms. The van der Waals surface area contributed by atoms with E-state index in [-0.39, 0.29) is 6.10 Å². The molecular weight excluding hydrogens is 544 g/mol. The zero-order chi connectivity index (χ0) is 30.8. The van der Waals surface area contributed by atoms with Crippen LogP contribution in [0.4, 0.5) is 0 Å². The Hall–Kier alpha value is -1.74. The molecule has 1 fully saturated rings. The highest BCUT2D eigenvalue weighted by Crippen LogP contribution is 2.43. The Morgan fingerprint density at radius 3 is 2.10 bits per heavy atom. The second-order valence-electron chi connectivity index (χ2n) is 13.0. The monoisotopic (exact) mass is 600 g/mol. The molecular formula is C35H56O6Si. The fraction of sp³-hybridized carbons (Fsp3) is 0.657. The SMILES string of the molecule is COc1ccc(CO[C@@H]2CCC[C@H](O)[C@@H](COCc3ccccc3)O[C@@]2(C)CCO[Si](C(C)C)(C(C)C)C(C)C)cc1. The lowest BCUT2D eigenvalue weighted by Gasteiger charge is -2.45. The van der Waals surface area contributed by atoms with Crippen molar-refractivity contribution in [3.8, 4) is 5.75 Å². The van der Waals surface area contributed by atoms with Gasteiger partial charge < -0.3 is 28.5 Å². The molecule has 3 rings (SSSR count). The van der Waals surface area contributed by atoms with Crippen molar-refractivity contribution >= 4 is 8.32 Å². The Labute approximate surface area is 256 Å². The van der Waals surface area contributed by atoms with E-state index in [1.165, 1.54) is 0 Å². The number of aliphatic hydroxyl groups excluding tert-OH is 1. The van der Waals surface area contributed by atoms with Crippen molar-refractivity contribution in [2.24, 2.45) is 0 Å². The highest BCUT2D eigenvalue weighted by atomic mass is 28.4. The fourth-order valence-electron chi connectivity index (χ4n) is 6.84. The standard InChI is InChI=1S/C35H56O6Si/c1-26(2)42(27(3)4,28(5)6)40-22-21-35(7)34(39-24-30-17-19-31(37-8)20-18-30)16-12-15-32(36)33(41-35)25-38-23-29-13-10-9-11-14-29/h9-11,13-14,17-20,26-28,32-34,36H,12,15-16,21-25H2,1-8H3/t32-,33+,34+,35-/m0/s1. The van der Waals surface area contributed by atoms with Crippen LogP contribution in [0.25, 0.3) is 0 Å². The summed E-state index contributed by atoms with van der Waals surface area (Å²) in [6, 6.07) is 18.1. The molecule has 1 aliphatic heterocycles. The van der Waals surface area contributed by atoms with Crippen LogP contribution in [0.1, 0.15) is 85.3 Å². The van der Waals surface area contributed by atoms with Crippen molar-refractivity contribution in [3.05, 3.63) is 65.7 Å². The molecule has 1 aliphatic rings. The molecule has 1 saturated heterocycles. The molecule has 42 heavy (non-hydrogen) atoms. The summed E-state index contributed by atoms with van der Waals surface area (Å²) in [7, 11) is -0.366. The van der Waals surface area contributed by atoms with E-state index >= 15 is 0 Å². The molecule has 1 heterocycles. The van der Waals surface area contributed by atoms with Crippen molar-refractivity contribution in [3.63, 3.8) is 0 Å². The van der Waals surface area contributed by atoms with E-state index in [2.05, 4.69) is 48.5 Å². The fourth-order valence-corrected chi connectivity index (χ4v) is 12.3. The molecule has 2 aromatic rings. The van der Waals surface area contributed by atoms with Gasteiger partial charge in [0.15, 0.2) is 8.32 Å². The summed E-state index contributed by atoms with van der Waals surface area (Å²) in [5.41, 5.74) is 3.06. The summed E-state index contributed by atoms with van der Waals surface area (Å²) in [6.07, 6.45) is 1.80. The number of hydrogen-bond donors (Lipinski definition) is 1. The first-order valence-corrected chi connectivity index (χ1v) is 18.0. The van der Waals surface area contributed by atoms with Gasteiger partial charge in [0.25, 0.3) is 0 Å². The minimum Gasteiger partial charge on any atom is -0.497 e. The van der Waals surface area contributed by atoms with Gasteiger partial charge in [0.1, 0.15) is 11.9 Å². The van der Waals surface area contributed by atoms with Gasteiger partial charge in [-0.05, 0) is 66.1 Å². The molecule has 0 aliphatic carbocycles. The van der Waals surface area contributed by atoms with Crippen LogP contribution in [0, 0.1) is 0 Å². The molecule has 1 N–H and O–H groups in total. The van der Waals surface area contributed by atoms with E-state index in [0.717, 1.165) is 29.7 Å². The van der Waals surface area contributed by atoms with E-state index < -0.39 is 26.1 Å². The molecule has 7 heteroatoms. The number of hydrogen-bond acceptors (Lipinski definition) is 6. The largest absolute Gasteiger partial charge is 0.497 e. The number of aliphatic hydroxyl groups is 1. The maximum absolute atomic E-state index is 11.1. The van der Waals surface area contributed by atoms with Crippen LogP contribution >= 0.6 is 0 Å². The van der Waals surface area contributed by atoms with E-state index in [1.807, 2.05) is 54.6 Å². The molecule has 2 aromatic carbocycles. The van der Waals surface area contributed by atoms with Crippen LogP contribution < -0.4 is 4.74 Å². The van der Waals surface area contributed by atoms with Crippen molar-refractivity contribution in [2.75, 3.05) is 20.3 Å². The van der Waals surface area contributed by atoms with Crippen molar-refractivity contribution in [1.29, 1.82) is 0 Å². The zero-order valence-electron chi connectivity index (χ0n) is 27.3. The molecule has 0 radical (unpaired) electrons. The second-order valence-corrected chi connectivity index (χ2v) is 18.5. The second kappa shape index (κ2) is 16.4. The van der Waals surface area contributed by atoms with E-state index in [4.69, 9.17) is 23.4 Å². The third-order valence-electron chi connectivity index (χ3n) is 9.16. The van der Waals surface area contributed by atoms with Crippen LogP contribution in [0.15, 0.2) is 54.6 Å². The van der Waals surface area contributed by atoms with Gasteiger partial charge in [-0.1, -0.05) is 84.0 Å². The van der Waals surface area contributed by atoms with Gasteiger partial charge in [0, 0.05) is 13.0 Å². The van der Waals surface area contributed by atoms with Crippen LogP contribution in [0.5, 0.6) is 5.75 Å². The van der Waals surface area contributed by atoms with Gasteiger partial charge in [0.05, 0.1) is 44.7 Å². The minimum absolute atomic E-state index is 0.152. The predicted octanol–water partition coefficient (Wildman–Crippen LogP) is 8.07. The summed E-state index contributed by atoms with van der Waals surface area (Å²) in [5, 5.41) is 11.1. The summed E-state index contributed by atoms with van der Waals surface area (Å²) < 4.78 is 31.9. The Bertz CT molecular complexity index is 1010. The lowest BCUT2D eigenvalue weighted by Crippen LogP contribution is -2.53. The number of benzene rings is 2. The predicted molar refractivity (Wildman–Crippen MR) is 172 cm³/mol. The van der Waals surface area contributed by atoms with E-state index in [9.17, 15) is 5.11 Å². The summed E-state index contributed by atoms with van der Waals surface area (Å²) in [5.74, 6) is 0.829. The maximum Gasteiger partial charge on any atom is 0.200 e. The van der Waals surface area contributed by atoms with Crippen molar-refractivity contribution in [2.45, 2.75) is 128 Å². The summed E-state index contributed by atoms with van der Waals surface area (Å²) in [6.45, 7) is 17.9. The van der Waals surface area contributed by atoms with Crippen molar-refractivity contribution in [1.82, 2.24) is 0 Å². The molecule has 4 atom stereocenters. The molecule has 0 amide bonds. The van der Waals surface area contributed by atoms with E-state index in [1.54, 1.807) is 7.11 Å². The number of methoxy groups -OCH3 is 1. The first kappa shape index (κ1) is 34.7. The molecule has 0 aromatic heterocycles. The van der Waals surface area contributed by atoms with Crippen LogP contribution in [0.3, 0.4) is 0 Å². The average Bonchev–Trinajstić information content (AvgIpc) is 2.96. The molecule has 0 saturated carbocycles. The Morgan fingerprint density at radius 2 is 1.50 bits per heavy atom. The van der Waals surface area contributed by atoms with Gasteiger partial charge in [-0.3, -0.25) is 0 Å². The van der Waals surface area contributed by atoms with Crippen molar-refractivity contribution < 1.29 is 28.5 Å². The third-order valence-corrected chi connectivity index (χ3v) is 15.3. The minimum atomic E-state index is -2.04. The van der Waals surface area contributed by atoms with Crippen LogP contribution in [-0.2, 0) is 31.9 Å². The molecule has 6 nitrogen and oxygen atoms in total. The van der Waals surface area contributed by atoms with Gasteiger partial charge in [-0.2, -0.15) is 0 Å². The molecule has 0 unspecified atom stereocenters. The summed E-state index contributed by atoms with van der Waals surface area (Å²) in [4.78, 5) is 0. The van der Waals surface area contributed by atoms with Crippen LogP contribution in [0.2, 0.25) is 16.6 Å². The maximum atomic E-state index is 11.1. The first-order valence-electron chi connectivity index (χ1n) is 15.9.